The van der Waals surface area contributed by atoms with Gasteiger partial charge in [-0.1, -0.05) is 18.2 Å². The molecule has 152 valence electrons. The Kier molecular flexibility index (Phi) is 5.30. The monoisotopic (exact) mass is 396 g/mol. The van der Waals surface area contributed by atoms with Crippen LogP contribution in [0.25, 0.3) is 16.6 Å². The number of rotatable bonds is 7. The summed E-state index contributed by atoms with van der Waals surface area (Å²) in [6.07, 6.45) is 9.51. The van der Waals surface area contributed by atoms with Crippen molar-refractivity contribution in [1.29, 1.82) is 0 Å². The van der Waals surface area contributed by atoms with E-state index in [-0.39, 0.29) is 25.2 Å². The lowest BCUT2D eigenvalue weighted by Crippen LogP contribution is -2.41. The maximum atomic E-state index is 12.0. The van der Waals surface area contributed by atoms with Crippen LogP contribution in [0.5, 0.6) is 0 Å². The lowest BCUT2D eigenvalue weighted by Gasteiger charge is -2.24. The van der Waals surface area contributed by atoms with E-state index in [0.717, 1.165) is 35.9 Å². The zero-order valence-corrected chi connectivity index (χ0v) is 16.1. The minimum Gasteiger partial charge on any atom is -0.368 e. The van der Waals surface area contributed by atoms with Crippen molar-refractivity contribution in [3.05, 3.63) is 35.8 Å². The molecule has 0 bridgehead atoms. The van der Waals surface area contributed by atoms with E-state index < -0.39 is 5.91 Å². The molecular weight excluding hydrogens is 372 g/mol. The molecule has 0 saturated carbocycles. The highest BCUT2D eigenvalue weighted by atomic mass is 16.5. The Bertz CT molecular complexity index is 1010. The molecule has 1 aliphatic carbocycles. The molecule has 2 aliphatic rings. The minimum atomic E-state index is -0.525. The summed E-state index contributed by atoms with van der Waals surface area (Å²) in [5, 5.41) is 0.798. The number of H-pyrrole nitrogens is 1. The van der Waals surface area contributed by atoms with E-state index in [0.29, 0.717) is 30.3 Å². The molecule has 1 saturated heterocycles. The van der Waals surface area contributed by atoms with Crippen molar-refractivity contribution in [2.75, 3.05) is 18.1 Å². The molecule has 0 spiro atoms. The molecule has 0 aromatic carbocycles. The second-order valence-corrected chi connectivity index (χ2v) is 7.30. The fourth-order valence-electron chi connectivity index (χ4n) is 3.85. The SMILES string of the molecule is NC(=O)COCc1cc2c(N3CCC[C@H]3C(N)=O)nc(C3=CC=CCC3)nc2[nH]1. The Morgan fingerprint density at radius 1 is 1.31 bits per heavy atom. The standard InChI is InChI=1S/C20H24N6O3/c21-16(27)11-29-10-13-9-14-19(23-13)24-18(12-5-2-1-3-6-12)25-20(14)26-8-4-7-15(26)17(22)28/h1-2,5,9,15H,3-4,6-8,10-11H2,(H2,21,27)(H2,22,28)(H,23,24,25)/t15-/m0/s1. The molecule has 29 heavy (non-hydrogen) atoms. The van der Waals surface area contributed by atoms with Gasteiger partial charge in [-0.3, -0.25) is 9.59 Å². The van der Waals surface area contributed by atoms with Crippen molar-refractivity contribution >= 4 is 34.2 Å². The number of ether oxygens (including phenoxy) is 1. The third-order valence-corrected chi connectivity index (χ3v) is 5.18. The van der Waals surface area contributed by atoms with Crippen molar-refractivity contribution in [3.8, 4) is 0 Å². The van der Waals surface area contributed by atoms with Gasteiger partial charge >= 0.3 is 0 Å². The molecule has 4 rings (SSSR count). The van der Waals surface area contributed by atoms with E-state index in [9.17, 15) is 9.59 Å². The minimum absolute atomic E-state index is 0.158. The normalized spacial score (nSPS) is 19.0. The van der Waals surface area contributed by atoms with E-state index in [1.54, 1.807) is 0 Å². The Labute approximate surface area is 167 Å². The molecule has 3 heterocycles. The molecular formula is C20H24N6O3. The fraction of sp³-hybridized carbons (Fsp3) is 0.400. The second-order valence-electron chi connectivity index (χ2n) is 7.30. The number of carbonyl (C=O) groups is 2. The smallest absolute Gasteiger partial charge is 0.243 e. The summed E-state index contributed by atoms with van der Waals surface area (Å²) < 4.78 is 5.32. The van der Waals surface area contributed by atoms with Gasteiger partial charge in [0.15, 0.2) is 5.82 Å². The van der Waals surface area contributed by atoms with Crippen LogP contribution in [0.15, 0.2) is 24.3 Å². The number of carbonyl (C=O) groups excluding carboxylic acids is 2. The average Bonchev–Trinajstić information content (AvgIpc) is 3.34. The first-order valence-corrected chi connectivity index (χ1v) is 9.70. The predicted octanol–water partition coefficient (Wildman–Crippen LogP) is 1.15. The second kappa shape index (κ2) is 8.04. The Morgan fingerprint density at radius 2 is 2.17 bits per heavy atom. The highest BCUT2D eigenvalue weighted by Gasteiger charge is 2.32. The van der Waals surface area contributed by atoms with Crippen molar-refractivity contribution in [2.24, 2.45) is 11.5 Å². The Hall–Kier alpha value is -3.20. The summed E-state index contributed by atoms with van der Waals surface area (Å²) in [7, 11) is 0. The highest BCUT2D eigenvalue weighted by molar-refractivity contribution is 5.93. The van der Waals surface area contributed by atoms with Crippen LogP contribution in [0, 0.1) is 0 Å². The average molecular weight is 396 g/mol. The zero-order valence-electron chi connectivity index (χ0n) is 16.1. The van der Waals surface area contributed by atoms with E-state index in [4.69, 9.17) is 26.2 Å². The Morgan fingerprint density at radius 3 is 2.90 bits per heavy atom. The first-order valence-electron chi connectivity index (χ1n) is 9.70. The number of aromatic amines is 1. The van der Waals surface area contributed by atoms with Crippen LogP contribution in [0.3, 0.4) is 0 Å². The topological polar surface area (TPSA) is 140 Å². The first-order chi connectivity index (χ1) is 14.0. The molecule has 0 unspecified atom stereocenters. The summed E-state index contributed by atoms with van der Waals surface area (Å²) in [6, 6.07) is 1.51. The molecule has 0 radical (unpaired) electrons. The molecule has 2 aromatic heterocycles. The van der Waals surface area contributed by atoms with Crippen LogP contribution in [-0.2, 0) is 20.9 Å². The number of fused-ring (bicyclic) bond motifs is 1. The van der Waals surface area contributed by atoms with Gasteiger partial charge in [0.2, 0.25) is 11.8 Å². The molecule has 2 aromatic rings. The van der Waals surface area contributed by atoms with Crippen LogP contribution in [0.2, 0.25) is 0 Å². The van der Waals surface area contributed by atoms with E-state index in [1.807, 2.05) is 23.1 Å². The molecule has 1 aliphatic heterocycles. The number of hydrogen-bond acceptors (Lipinski definition) is 6. The molecule has 9 nitrogen and oxygen atoms in total. The van der Waals surface area contributed by atoms with E-state index >= 15 is 0 Å². The van der Waals surface area contributed by atoms with Gasteiger partial charge in [0.1, 0.15) is 24.1 Å². The van der Waals surface area contributed by atoms with Gasteiger partial charge in [-0.2, -0.15) is 0 Å². The highest BCUT2D eigenvalue weighted by Crippen LogP contribution is 2.33. The largest absolute Gasteiger partial charge is 0.368 e. The number of amides is 2. The maximum Gasteiger partial charge on any atom is 0.243 e. The number of nitrogens with two attached hydrogens (primary N) is 2. The molecule has 1 atom stereocenters. The number of aromatic nitrogens is 3. The lowest BCUT2D eigenvalue weighted by molar-refractivity contribution is -0.123. The lowest BCUT2D eigenvalue weighted by atomic mass is 10.0. The quantitative estimate of drug-likeness (QED) is 0.641. The van der Waals surface area contributed by atoms with Gasteiger partial charge in [0, 0.05) is 12.2 Å². The zero-order chi connectivity index (χ0) is 20.4. The van der Waals surface area contributed by atoms with Crippen LogP contribution in [-0.4, -0.2) is 46.0 Å². The summed E-state index contributed by atoms with van der Waals surface area (Å²) in [6.45, 7) is 0.740. The third-order valence-electron chi connectivity index (χ3n) is 5.18. The van der Waals surface area contributed by atoms with Crippen molar-refractivity contribution in [3.63, 3.8) is 0 Å². The van der Waals surface area contributed by atoms with E-state index in [1.165, 1.54) is 0 Å². The maximum absolute atomic E-state index is 12.0. The van der Waals surface area contributed by atoms with Crippen LogP contribution in [0.1, 0.15) is 37.2 Å². The Balaban J connectivity index is 1.76. The van der Waals surface area contributed by atoms with E-state index in [2.05, 4.69) is 11.1 Å². The van der Waals surface area contributed by atoms with Crippen LogP contribution in [0.4, 0.5) is 5.82 Å². The van der Waals surface area contributed by atoms with Gasteiger partial charge in [-0.25, -0.2) is 9.97 Å². The number of anilines is 1. The number of nitrogens with one attached hydrogen (secondary N) is 1. The van der Waals surface area contributed by atoms with Crippen LogP contribution < -0.4 is 16.4 Å². The van der Waals surface area contributed by atoms with Crippen LogP contribution >= 0.6 is 0 Å². The van der Waals surface area contributed by atoms with Gasteiger partial charge in [-0.05, 0) is 37.3 Å². The van der Waals surface area contributed by atoms with Crippen molar-refractivity contribution < 1.29 is 14.3 Å². The molecule has 5 N–H and O–H groups in total. The number of allylic oxidation sites excluding steroid dienone is 4. The van der Waals surface area contributed by atoms with Crippen molar-refractivity contribution in [1.82, 2.24) is 15.0 Å². The third kappa shape index (κ3) is 4.00. The molecule has 2 amide bonds. The van der Waals surface area contributed by atoms with Gasteiger partial charge in [0.05, 0.1) is 12.0 Å². The number of hydrogen-bond donors (Lipinski definition) is 3. The number of primary amides is 2. The predicted molar refractivity (Wildman–Crippen MR) is 109 cm³/mol. The summed E-state index contributed by atoms with van der Waals surface area (Å²) in [5.74, 6) is 0.455. The van der Waals surface area contributed by atoms with Gasteiger partial charge in [-0.15, -0.1) is 0 Å². The summed E-state index contributed by atoms with van der Waals surface area (Å²) in [5.41, 5.74) is 13.2. The molecule has 9 heteroatoms. The van der Waals surface area contributed by atoms with Crippen molar-refractivity contribution in [2.45, 2.75) is 38.3 Å². The van der Waals surface area contributed by atoms with Gasteiger partial charge in [0.25, 0.3) is 0 Å². The summed E-state index contributed by atoms with van der Waals surface area (Å²) >= 11 is 0. The molecule has 1 fully saturated rings. The fourth-order valence-corrected chi connectivity index (χ4v) is 3.85. The first kappa shape index (κ1) is 19.1. The van der Waals surface area contributed by atoms with Gasteiger partial charge < -0.3 is 26.1 Å². The summed E-state index contributed by atoms with van der Waals surface area (Å²) in [4.78, 5) is 37.6. The number of nitrogens with zero attached hydrogens (tertiary/aromatic N) is 3.